The first-order chi connectivity index (χ1) is 6.29. The summed E-state index contributed by atoms with van der Waals surface area (Å²) in [5.41, 5.74) is 7.76. The van der Waals surface area contributed by atoms with Crippen LogP contribution in [0.25, 0.3) is 0 Å². The van der Waals surface area contributed by atoms with Crippen molar-refractivity contribution in [3.63, 3.8) is 0 Å². The van der Waals surface area contributed by atoms with E-state index >= 15 is 0 Å². The molecule has 0 unspecified atom stereocenters. The van der Waals surface area contributed by atoms with E-state index < -0.39 is 0 Å². The summed E-state index contributed by atoms with van der Waals surface area (Å²) in [6.07, 6.45) is 2.18. The predicted molar refractivity (Wildman–Crippen MR) is 58.4 cm³/mol. The smallest absolute Gasteiger partial charge is 0.0991 e. The topological polar surface area (TPSA) is 49.8 Å². The van der Waals surface area contributed by atoms with Gasteiger partial charge in [-0.3, -0.25) is 0 Å². The number of halogens is 1. The number of hydrogen-bond acceptors (Lipinski definition) is 2. The van der Waals surface area contributed by atoms with Gasteiger partial charge in [-0.05, 0) is 36.5 Å². The number of rotatable bonds is 1. The normalized spacial score (nSPS) is 24.3. The molecule has 1 saturated carbocycles. The van der Waals surface area contributed by atoms with Gasteiger partial charge in [-0.15, -0.1) is 12.4 Å². The first-order valence-corrected chi connectivity index (χ1v) is 4.55. The van der Waals surface area contributed by atoms with Gasteiger partial charge in [0, 0.05) is 6.04 Å². The molecule has 14 heavy (non-hydrogen) atoms. The minimum Gasteiger partial charge on any atom is -0.328 e. The van der Waals surface area contributed by atoms with Crippen molar-refractivity contribution in [2.75, 3.05) is 0 Å². The van der Waals surface area contributed by atoms with Crippen LogP contribution in [0.5, 0.6) is 0 Å². The quantitative estimate of drug-likeness (QED) is 0.769. The molecule has 0 atom stereocenters. The van der Waals surface area contributed by atoms with E-state index in [1.165, 1.54) is 5.56 Å². The molecule has 0 saturated heterocycles. The van der Waals surface area contributed by atoms with Crippen LogP contribution in [0.3, 0.4) is 0 Å². The Hall–Kier alpha value is -1.04. The number of nitriles is 1. The van der Waals surface area contributed by atoms with Crippen molar-refractivity contribution in [1.29, 1.82) is 5.26 Å². The monoisotopic (exact) mass is 208 g/mol. The van der Waals surface area contributed by atoms with Gasteiger partial charge in [0.25, 0.3) is 0 Å². The number of hydrogen-bond donors (Lipinski definition) is 1. The van der Waals surface area contributed by atoms with Gasteiger partial charge in [0.05, 0.1) is 11.6 Å². The standard InChI is InChI=1S/C11H12N2.ClH/c12-7-8-1-3-9(4-2-8)10-5-11(13)6-10;/h1-4,10-11H,5-6,13H2;1H. The Morgan fingerprint density at radius 3 is 2.21 bits per heavy atom. The van der Waals surface area contributed by atoms with Crippen LogP contribution in [0.2, 0.25) is 0 Å². The molecule has 1 aliphatic carbocycles. The molecule has 2 N–H and O–H groups in total. The maximum atomic E-state index is 8.61. The molecule has 0 aliphatic heterocycles. The van der Waals surface area contributed by atoms with Crippen molar-refractivity contribution >= 4 is 12.4 Å². The molecular formula is C11H13ClN2. The first-order valence-electron chi connectivity index (χ1n) is 4.55. The van der Waals surface area contributed by atoms with Crippen LogP contribution in [0.1, 0.15) is 29.9 Å². The third kappa shape index (κ3) is 2.06. The molecule has 1 fully saturated rings. The van der Waals surface area contributed by atoms with Crippen molar-refractivity contribution in [2.24, 2.45) is 5.73 Å². The average Bonchev–Trinajstić information content (AvgIpc) is 2.13. The highest BCUT2D eigenvalue weighted by atomic mass is 35.5. The number of nitrogens with zero attached hydrogens (tertiary/aromatic N) is 1. The maximum absolute atomic E-state index is 8.61. The van der Waals surface area contributed by atoms with E-state index in [0.29, 0.717) is 12.0 Å². The Morgan fingerprint density at radius 1 is 1.21 bits per heavy atom. The number of nitrogens with two attached hydrogens (primary N) is 1. The zero-order valence-corrected chi connectivity index (χ0v) is 8.63. The molecule has 1 aliphatic rings. The molecule has 1 aromatic rings. The molecule has 0 amide bonds. The second-order valence-corrected chi connectivity index (χ2v) is 3.66. The van der Waals surface area contributed by atoms with Crippen molar-refractivity contribution < 1.29 is 0 Å². The molecule has 2 rings (SSSR count). The van der Waals surface area contributed by atoms with Crippen molar-refractivity contribution in [2.45, 2.75) is 24.8 Å². The summed E-state index contributed by atoms with van der Waals surface area (Å²) in [6, 6.07) is 10.3. The molecule has 0 heterocycles. The molecule has 3 heteroatoms. The zero-order chi connectivity index (χ0) is 9.26. The zero-order valence-electron chi connectivity index (χ0n) is 7.81. The molecule has 1 aromatic carbocycles. The molecule has 2 nitrogen and oxygen atoms in total. The van der Waals surface area contributed by atoms with Crippen molar-refractivity contribution in [1.82, 2.24) is 0 Å². The van der Waals surface area contributed by atoms with Crippen LogP contribution in [-0.2, 0) is 0 Å². The average molecular weight is 209 g/mol. The Bertz CT molecular complexity index is 333. The van der Waals surface area contributed by atoms with E-state index in [4.69, 9.17) is 11.0 Å². The fourth-order valence-electron chi connectivity index (χ4n) is 1.76. The van der Waals surface area contributed by atoms with E-state index in [2.05, 4.69) is 6.07 Å². The van der Waals surface area contributed by atoms with Gasteiger partial charge >= 0.3 is 0 Å². The molecular weight excluding hydrogens is 196 g/mol. The Kier molecular flexibility index (Phi) is 3.51. The molecule has 0 aromatic heterocycles. The van der Waals surface area contributed by atoms with Gasteiger partial charge in [0.1, 0.15) is 0 Å². The predicted octanol–water partition coefficient (Wildman–Crippen LogP) is 2.18. The Morgan fingerprint density at radius 2 is 1.79 bits per heavy atom. The van der Waals surface area contributed by atoms with Crippen molar-refractivity contribution in [3.8, 4) is 6.07 Å². The minimum atomic E-state index is 0. The fraction of sp³-hybridized carbons (Fsp3) is 0.364. The van der Waals surface area contributed by atoms with E-state index in [9.17, 15) is 0 Å². The fourth-order valence-corrected chi connectivity index (χ4v) is 1.76. The van der Waals surface area contributed by atoms with E-state index in [1.54, 1.807) is 0 Å². The highest BCUT2D eigenvalue weighted by molar-refractivity contribution is 5.85. The van der Waals surface area contributed by atoms with E-state index in [-0.39, 0.29) is 12.4 Å². The highest BCUT2D eigenvalue weighted by Gasteiger charge is 2.26. The first kappa shape index (κ1) is 11.0. The van der Waals surface area contributed by atoms with Gasteiger partial charge in [0.15, 0.2) is 0 Å². The summed E-state index contributed by atoms with van der Waals surface area (Å²) >= 11 is 0. The summed E-state index contributed by atoms with van der Waals surface area (Å²) in [5, 5.41) is 8.61. The van der Waals surface area contributed by atoms with Crippen LogP contribution < -0.4 is 5.73 Å². The van der Waals surface area contributed by atoms with Gasteiger partial charge in [0.2, 0.25) is 0 Å². The van der Waals surface area contributed by atoms with Crippen LogP contribution in [0, 0.1) is 11.3 Å². The Labute approximate surface area is 90.1 Å². The molecule has 74 valence electrons. The van der Waals surface area contributed by atoms with Crippen LogP contribution in [0.4, 0.5) is 0 Å². The van der Waals surface area contributed by atoms with Crippen LogP contribution in [-0.4, -0.2) is 6.04 Å². The van der Waals surface area contributed by atoms with E-state index in [1.807, 2.05) is 24.3 Å². The lowest BCUT2D eigenvalue weighted by atomic mass is 9.76. The molecule has 0 radical (unpaired) electrons. The summed E-state index contributed by atoms with van der Waals surface area (Å²) < 4.78 is 0. The summed E-state index contributed by atoms with van der Waals surface area (Å²) in [7, 11) is 0. The van der Waals surface area contributed by atoms with Gasteiger partial charge in [-0.2, -0.15) is 5.26 Å². The van der Waals surface area contributed by atoms with Crippen LogP contribution in [0.15, 0.2) is 24.3 Å². The molecule has 0 spiro atoms. The summed E-state index contributed by atoms with van der Waals surface area (Å²) in [6.45, 7) is 0. The summed E-state index contributed by atoms with van der Waals surface area (Å²) in [4.78, 5) is 0. The lowest BCUT2D eigenvalue weighted by Gasteiger charge is -2.32. The molecule has 0 bridgehead atoms. The SMILES string of the molecule is Cl.N#Cc1ccc(C2CC(N)C2)cc1. The van der Waals surface area contributed by atoms with Gasteiger partial charge in [-0.1, -0.05) is 12.1 Å². The Balaban J connectivity index is 0.000000980. The second-order valence-electron chi connectivity index (χ2n) is 3.66. The lowest BCUT2D eigenvalue weighted by Crippen LogP contribution is -2.34. The van der Waals surface area contributed by atoms with Crippen LogP contribution >= 0.6 is 12.4 Å². The number of benzene rings is 1. The summed E-state index contributed by atoms with van der Waals surface area (Å²) in [5.74, 6) is 0.628. The second kappa shape index (κ2) is 4.45. The van der Waals surface area contributed by atoms with Gasteiger partial charge < -0.3 is 5.73 Å². The highest BCUT2D eigenvalue weighted by Crippen LogP contribution is 2.35. The van der Waals surface area contributed by atoms with E-state index in [0.717, 1.165) is 18.4 Å². The largest absolute Gasteiger partial charge is 0.328 e. The minimum absolute atomic E-state index is 0. The third-order valence-electron chi connectivity index (χ3n) is 2.69. The van der Waals surface area contributed by atoms with Crippen molar-refractivity contribution in [3.05, 3.63) is 35.4 Å². The third-order valence-corrected chi connectivity index (χ3v) is 2.69. The maximum Gasteiger partial charge on any atom is 0.0991 e. The van der Waals surface area contributed by atoms with Gasteiger partial charge in [-0.25, -0.2) is 0 Å². The lowest BCUT2D eigenvalue weighted by molar-refractivity contribution is 0.351.